The normalized spacial score (nSPS) is 22.6. The van der Waals surface area contributed by atoms with E-state index >= 15 is 0 Å². The Bertz CT molecular complexity index is 628. The molecule has 3 rings (SSSR count). The fraction of sp³-hybridized carbons (Fsp3) is 0.444. The number of nitrogens with zero attached hydrogens (tertiary/aromatic N) is 2. The van der Waals surface area contributed by atoms with Crippen molar-refractivity contribution in [1.29, 1.82) is 0 Å². The van der Waals surface area contributed by atoms with Crippen molar-refractivity contribution in [3.05, 3.63) is 34.7 Å². The first kappa shape index (κ1) is 16.1. The van der Waals surface area contributed by atoms with E-state index in [4.69, 9.17) is 4.99 Å². The molecule has 2 aliphatic rings. The molecule has 0 atom stereocenters. The zero-order valence-electron chi connectivity index (χ0n) is 13.7. The van der Waals surface area contributed by atoms with Gasteiger partial charge in [0, 0.05) is 19.8 Å². The van der Waals surface area contributed by atoms with E-state index in [9.17, 15) is 4.79 Å². The lowest BCUT2D eigenvalue weighted by molar-refractivity contribution is -0.115. The second-order valence-corrected chi connectivity index (χ2v) is 7.31. The van der Waals surface area contributed by atoms with Gasteiger partial charge in [-0.1, -0.05) is 31.4 Å². The van der Waals surface area contributed by atoms with Crippen LogP contribution in [-0.2, 0) is 4.79 Å². The van der Waals surface area contributed by atoms with E-state index < -0.39 is 0 Å². The van der Waals surface area contributed by atoms with Crippen molar-refractivity contribution in [3.8, 4) is 0 Å². The summed E-state index contributed by atoms with van der Waals surface area (Å²) in [6.07, 6.45) is 8.04. The molecule has 0 bridgehead atoms. The van der Waals surface area contributed by atoms with Crippen LogP contribution in [0, 0.1) is 0 Å². The van der Waals surface area contributed by atoms with Crippen molar-refractivity contribution < 1.29 is 4.79 Å². The molecule has 23 heavy (non-hydrogen) atoms. The number of carbonyl (C=O) groups is 1. The van der Waals surface area contributed by atoms with Crippen molar-refractivity contribution in [2.24, 2.45) is 4.99 Å². The quantitative estimate of drug-likeness (QED) is 0.861. The van der Waals surface area contributed by atoms with Gasteiger partial charge in [-0.3, -0.25) is 9.79 Å². The molecule has 4 nitrogen and oxygen atoms in total. The highest BCUT2D eigenvalue weighted by molar-refractivity contribution is 8.18. The van der Waals surface area contributed by atoms with Crippen LogP contribution in [0.3, 0.4) is 0 Å². The van der Waals surface area contributed by atoms with Crippen LogP contribution in [0.5, 0.6) is 0 Å². The van der Waals surface area contributed by atoms with Gasteiger partial charge in [-0.25, -0.2) is 0 Å². The number of anilines is 1. The number of carbonyl (C=O) groups excluding carboxylic acids is 1. The third kappa shape index (κ3) is 4.16. The van der Waals surface area contributed by atoms with Gasteiger partial charge in [0.15, 0.2) is 5.17 Å². The van der Waals surface area contributed by atoms with E-state index in [1.807, 2.05) is 32.3 Å². The lowest BCUT2D eigenvalue weighted by Gasteiger charge is -2.17. The van der Waals surface area contributed by atoms with Gasteiger partial charge in [0.2, 0.25) is 0 Å². The molecule has 0 radical (unpaired) electrons. The minimum absolute atomic E-state index is 0.0405. The highest BCUT2D eigenvalue weighted by Crippen LogP contribution is 2.29. The third-order valence-electron chi connectivity index (χ3n) is 4.23. The summed E-state index contributed by atoms with van der Waals surface area (Å²) < 4.78 is 0. The predicted octanol–water partition coefficient (Wildman–Crippen LogP) is 3.65. The number of nitrogens with one attached hydrogen (secondary N) is 1. The summed E-state index contributed by atoms with van der Waals surface area (Å²) in [4.78, 5) is 19.6. The van der Waals surface area contributed by atoms with Gasteiger partial charge < -0.3 is 10.2 Å². The molecule has 0 unspecified atom stereocenters. The molecule has 0 aromatic heterocycles. The van der Waals surface area contributed by atoms with Crippen LogP contribution in [-0.4, -0.2) is 31.2 Å². The molecule has 1 saturated carbocycles. The number of aliphatic imine (C=N–C) groups is 1. The zero-order valence-corrected chi connectivity index (χ0v) is 14.5. The first-order chi connectivity index (χ1) is 11.1. The largest absolute Gasteiger partial charge is 0.378 e. The Labute approximate surface area is 142 Å². The zero-order chi connectivity index (χ0) is 16.2. The van der Waals surface area contributed by atoms with Gasteiger partial charge in [-0.15, -0.1) is 0 Å². The summed E-state index contributed by atoms with van der Waals surface area (Å²) >= 11 is 1.46. The summed E-state index contributed by atoms with van der Waals surface area (Å²) in [5.41, 5.74) is 2.18. The SMILES string of the molecule is CN(C)c1ccc(/C=C2\SC(=NC3CCCCC3)NC2=O)cc1. The van der Waals surface area contributed by atoms with Crippen molar-refractivity contribution in [2.45, 2.75) is 38.1 Å². The van der Waals surface area contributed by atoms with E-state index in [1.165, 1.54) is 31.0 Å². The molecule has 1 amide bonds. The van der Waals surface area contributed by atoms with Gasteiger partial charge in [0.05, 0.1) is 10.9 Å². The Morgan fingerprint density at radius 3 is 2.52 bits per heavy atom. The second kappa shape index (κ2) is 7.21. The fourth-order valence-corrected chi connectivity index (χ4v) is 3.78. The van der Waals surface area contributed by atoms with E-state index in [-0.39, 0.29) is 5.91 Å². The molecule has 1 N–H and O–H groups in total. The molecule has 2 fully saturated rings. The first-order valence-electron chi connectivity index (χ1n) is 8.18. The van der Waals surface area contributed by atoms with Crippen LogP contribution in [0.2, 0.25) is 0 Å². The summed E-state index contributed by atoms with van der Waals surface area (Å²) in [6.45, 7) is 0. The summed E-state index contributed by atoms with van der Waals surface area (Å²) in [5.74, 6) is -0.0405. The van der Waals surface area contributed by atoms with E-state index in [1.54, 1.807) is 0 Å². The Balaban J connectivity index is 1.70. The molecule has 1 aromatic rings. The third-order valence-corrected chi connectivity index (χ3v) is 5.16. The average molecular weight is 329 g/mol. The molecule has 0 spiro atoms. The summed E-state index contributed by atoms with van der Waals surface area (Å²) in [6, 6.07) is 8.56. The number of thioether (sulfide) groups is 1. The number of amidine groups is 1. The number of hydrogen-bond donors (Lipinski definition) is 1. The smallest absolute Gasteiger partial charge is 0.264 e. The monoisotopic (exact) mass is 329 g/mol. The van der Waals surface area contributed by atoms with Crippen molar-refractivity contribution in [1.82, 2.24) is 5.32 Å². The van der Waals surface area contributed by atoms with Crippen LogP contribution >= 0.6 is 11.8 Å². The Hall–Kier alpha value is -1.75. The van der Waals surface area contributed by atoms with E-state index in [0.29, 0.717) is 6.04 Å². The molecule has 1 aromatic carbocycles. The van der Waals surface area contributed by atoms with Gasteiger partial charge in [-0.2, -0.15) is 0 Å². The molecule has 1 heterocycles. The van der Waals surface area contributed by atoms with E-state index in [0.717, 1.165) is 34.2 Å². The minimum Gasteiger partial charge on any atom is -0.378 e. The van der Waals surface area contributed by atoms with Crippen LogP contribution in [0.15, 0.2) is 34.2 Å². The molecule has 5 heteroatoms. The summed E-state index contributed by atoms with van der Waals surface area (Å²) in [5, 5.41) is 3.66. The van der Waals surface area contributed by atoms with Crippen LogP contribution < -0.4 is 10.2 Å². The van der Waals surface area contributed by atoms with E-state index in [2.05, 4.69) is 22.3 Å². The molecule has 1 aliphatic carbocycles. The number of rotatable bonds is 3. The molecular weight excluding hydrogens is 306 g/mol. The second-order valence-electron chi connectivity index (χ2n) is 6.28. The lowest BCUT2D eigenvalue weighted by atomic mass is 9.96. The Morgan fingerprint density at radius 2 is 1.87 bits per heavy atom. The minimum atomic E-state index is -0.0405. The highest BCUT2D eigenvalue weighted by atomic mass is 32.2. The first-order valence-corrected chi connectivity index (χ1v) is 8.99. The maximum Gasteiger partial charge on any atom is 0.264 e. The Morgan fingerprint density at radius 1 is 1.17 bits per heavy atom. The van der Waals surface area contributed by atoms with Crippen molar-refractivity contribution in [2.75, 3.05) is 19.0 Å². The maximum absolute atomic E-state index is 12.1. The maximum atomic E-state index is 12.1. The number of hydrogen-bond acceptors (Lipinski definition) is 4. The van der Waals surface area contributed by atoms with Gasteiger partial charge >= 0.3 is 0 Å². The average Bonchev–Trinajstić information content (AvgIpc) is 2.88. The van der Waals surface area contributed by atoms with Crippen LogP contribution in [0.1, 0.15) is 37.7 Å². The van der Waals surface area contributed by atoms with Crippen LogP contribution in [0.25, 0.3) is 6.08 Å². The van der Waals surface area contributed by atoms with Crippen molar-refractivity contribution in [3.63, 3.8) is 0 Å². The highest BCUT2D eigenvalue weighted by Gasteiger charge is 2.25. The van der Waals surface area contributed by atoms with Gasteiger partial charge in [-0.05, 0) is 48.4 Å². The number of amides is 1. The van der Waals surface area contributed by atoms with Gasteiger partial charge in [0.1, 0.15) is 0 Å². The molecule has 1 saturated heterocycles. The fourth-order valence-electron chi connectivity index (χ4n) is 2.88. The lowest BCUT2D eigenvalue weighted by Crippen LogP contribution is -2.22. The topological polar surface area (TPSA) is 44.7 Å². The molecular formula is C18H23N3OS. The van der Waals surface area contributed by atoms with Crippen LogP contribution in [0.4, 0.5) is 5.69 Å². The predicted molar refractivity (Wildman–Crippen MR) is 98.8 cm³/mol. The van der Waals surface area contributed by atoms with Crippen molar-refractivity contribution >= 4 is 34.6 Å². The summed E-state index contributed by atoms with van der Waals surface area (Å²) in [7, 11) is 4.03. The van der Waals surface area contributed by atoms with Gasteiger partial charge in [0.25, 0.3) is 5.91 Å². The standard InChI is InChI=1S/C18H23N3OS/c1-21(2)15-10-8-13(9-11-15)12-16-17(22)20-18(23-16)19-14-6-4-3-5-7-14/h8-12,14H,3-7H2,1-2H3,(H,19,20,22)/b16-12-. The molecule has 122 valence electrons. The number of benzene rings is 1. The Kier molecular flexibility index (Phi) is 5.06. The molecule has 1 aliphatic heterocycles.